The van der Waals surface area contributed by atoms with Crippen LogP contribution in [0.25, 0.3) is 0 Å². The Morgan fingerprint density at radius 3 is 2.92 bits per heavy atom. The number of hydrogen-bond acceptors (Lipinski definition) is 2. The van der Waals surface area contributed by atoms with Crippen molar-refractivity contribution in [3.05, 3.63) is 45.5 Å². The van der Waals surface area contributed by atoms with Crippen molar-refractivity contribution in [3.63, 3.8) is 0 Å². The van der Waals surface area contributed by atoms with Gasteiger partial charge in [0.15, 0.2) is 0 Å². The van der Waals surface area contributed by atoms with E-state index in [-0.39, 0.29) is 0 Å². The molecule has 0 aliphatic heterocycles. The van der Waals surface area contributed by atoms with Crippen molar-refractivity contribution in [3.8, 4) is 0 Å². The van der Waals surface area contributed by atoms with E-state index >= 15 is 0 Å². The van der Waals surface area contributed by atoms with Crippen LogP contribution in [0.15, 0.2) is 35.8 Å². The van der Waals surface area contributed by atoms with Gasteiger partial charge < -0.3 is 0 Å². The van der Waals surface area contributed by atoms with Gasteiger partial charge in [0.25, 0.3) is 0 Å². The average molecular weight is 210 g/mol. The second-order valence-electron chi connectivity index (χ2n) is 2.91. The molecule has 2 heteroatoms. The Morgan fingerprint density at radius 2 is 2.38 bits per heavy atom. The molecule has 0 nitrogen and oxygen atoms in total. The minimum absolute atomic E-state index is 1.01. The third-order valence-corrected chi connectivity index (χ3v) is 3.17. The zero-order valence-electron chi connectivity index (χ0n) is 7.79. The van der Waals surface area contributed by atoms with Gasteiger partial charge in [-0.05, 0) is 36.8 Å². The normalized spacial score (nSPS) is 11.7. The van der Waals surface area contributed by atoms with E-state index in [0.29, 0.717) is 0 Å². The predicted octanol–water partition coefficient (Wildman–Crippen LogP) is 3.99. The van der Waals surface area contributed by atoms with Gasteiger partial charge in [0, 0.05) is 9.75 Å². The van der Waals surface area contributed by atoms with Crippen LogP contribution in [-0.2, 0) is 6.42 Å². The second-order valence-corrected chi connectivity index (χ2v) is 4.85. The molecular formula is C11H14S2. The van der Waals surface area contributed by atoms with Crippen molar-refractivity contribution in [2.75, 3.05) is 0 Å². The highest BCUT2D eigenvalue weighted by molar-refractivity contribution is 7.84. The third kappa shape index (κ3) is 3.83. The van der Waals surface area contributed by atoms with Crippen molar-refractivity contribution in [1.82, 2.24) is 0 Å². The van der Waals surface area contributed by atoms with E-state index in [1.54, 1.807) is 6.08 Å². The predicted molar refractivity (Wildman–Crippen MR) is 64.6 cm³/mol. The van der Waals surface area contributed by atoms with E-state index in [2.05, 4.69) is 38.3 Å². The molecule has 1 rings (SSSR count). The van der Waals surface area contributed by atoms with E-state index < -0.39 is 0 Å². The lowest BCUT2D eigenvalue weighted by Crippen LogP contribution is -1.79. The van der Waals surface area contributed by atoms with Gasteiger partial charge in [0.05, 0.1) is 0 Å². The number of hydrogen-bond donors (Lipinski definition) is 1. The van der Waals surface area contributed by atoms with Gasteiger partial charge in [0.1, 0.15) is 0 Å². The van der Waals surface area contributed by atoms with Crippen LogP contribution in [0.4, 0.5) is 0 Å². The fourth-order valence-corrected chi connectivity index (χ4v) is 2.20. The molecule has 0 radical (unpaired) electrons. The zero-order valence-corrected chi connectivity index (χ0v) is 9.50. The van der Waals surface area contributed by atoms with Gasteiger partial charge in [-0.2, -0.15) is 0 Å². The van der Waals surface area contributed by atoms with Crippen molar-refractivity contribution >= 4 is 24.0 Å². The van der Waals surface area contributed by atoms with Crippen LogP contribution in [0.1, 0.15) is 16.2 Å². The fourth-order valence-electron chi connectivity index (χ4n) is 1.09. The van der Waals surface area contributed by atoms with E-state index in [1.165, 1.54) is 9.75 Å². The smallest absolute Gasteiger partial charge is 0.00515 e. The molecule has 0 bridgehead atoms. The topological polar surface area (TPSA) is 0 Å². The highest BCUT2D eigenvalue weighted by Crippen LogP contribution is 2.19. The molecule has 0 spiro atoms. The Balaban J connectivity index is 2.43. The maximum absolute atomic E-state index is 4.34. The first-order valence-corrected chi connectivity index (χ1v) is 5.54. The molecule has 0 N–H and O–H groups in total. The zero-order chi connectivity index (χ0) is 9.68. The average Bonchev–Trinajstić information content (AvgIpc) is 2.49. The first kappa shape index (κ1) is 10.6. The van der Waals surface area contributed by atoms with Gasteiger partial charge in [-0.1, -0.05) is 18.7 Å². The first-order valence-electron chi connectivity index (χ1n) is 4.28. The number of aryl methyl sites for hydroxylation is 2. The minimum atomic E-state index is 1.01. The largest absolute Gasteiger partial charge is 0.148 e. The Kier molecular flexibility index (Phi) is 4.33. The lowest BCUT2D eigenvalue weighted by atomic mass is 10.2. The number of thiophene rings is 1. The van der Waals surface area contributed by atoms with Crippen LogP contribution >= 0.6 is 24.0 Å². The quantitative estimate of drug-likeness (QED) is 0.564. The molecule has 0 fully saturated rings. The maximum atomic E-state index is 4.34. The summed E-state index contributed by atoms with van der Waals surface area (Å²) in [5.41, 5.74) is 0. The minimum Gasteiger partial charge on any atom is -0.148 e. The van der Waals surface area contributed by atoms with Crippen molar-refractivity contribution in [1.29, 1.82) is 0 Å². The van der Waals surface area contributed by atoms with Crippen LogP contribution < -0.4 is 0 Å². The summed E-state index contributed by atoms with van der Waals surface area (Å²) in [6, 6.07) is 4.35. The van der Waals surface area contributed by atoms with E-state index in [4.69, 9.17) is 0 Å². The lowest BCUT2D eigenvalue weighted by Gasteiger charge is -1.96. The van der Waals surface area contributed by atoms with Crippen molar-refractivity contribution in [2.24, 2.45) is 0 Å². The molecule has 0 unspecified atom stereocenters. The molecule has 13 heavy (non-hydrogen) atoms. The standard InChI is InChI=1S/C11H14S2/c1-3-4-10(12)6-8-11-7-5-9(2)13-11/h3-5,7,12H,1,6,8H2,2H3/b10-4-. The Hall–Kier alpha value is -0.470. The molecular weight excluding hydrogens is 196 g/mol. The van der Waals surface area contributed by atoms with Crippen LogP contribution in [0.2, 0.25) is 0 Å². The van der Waals surface area contributed by atoms with Crippen LogP contribution in [0, 0.1) is 6.92 Å². The number of thiol groups is 1. The SMILES string of the molecule is C=C/C=C(\S)CCc1ccc(C)s1. The number of allylic oxidation sites excluding steroid dienone is 3. The highest BCUT2D eigenvalue weighted by Gasteiger charge is 1.97. The molecule has 1 heterocycles. The summed E-state index contributed by atoms with van der Waals surface area (Å²) in [5, 5.41) is 0. The summed E-state index contributed by atoms with van der Waals surface area (Å²) in [6.45, 7) is 5.77. The molecule has 0 saturated heterocycles. The van der Waals surface area contributed by atoms with Gasteiger partial charge in [0.2, 0.25) is 0 Å². The van der Waals surface area contributed by atoms with Crippen LogP contribution in [0.3, 0.4) is 0 Å². The van der Waals surface area contributed by atoms with Crippen molar-refractivity contribution < 1.29 is 0 Å². The molecule has 70 valence electrons. The first-order chi connectivity index (χ1) is 6.22. The molecule has 0 saturated carbocycles. The molecule has 0 atom stereocenters. The number of rotatable bonds is 4. The summed E-state index contributed by atoms with van der Waals surface area (Å²) < 4.78 is 0. The Morgan fingerprint density at radius 1 is 1.62 bits per heavy atom. The summed E-state index contributed by atoms with van der Waals surface area (Å²) in [4.78, 5) is 3.91. The Bertz CT molecular complexity index is 308. The van der Waals surface area contributed by atoms with Crippen LogP contribution in [0.5, 0.6) is 0 Å². The van der Waals surface area contributed by atoms with Gasteiger partial charge in [-0.3, -0.25) is 0 Å². The Labute approximate surface area is 89.4 Å². The fraction of sp³-hybridized carbons (Fsp3) is 0.273. The summed E-state index contributed by atoms with van der Waals surface area (Å²) in [5.74, 6) is 0. The highest BCUT2D eigenvalue weighted by atomic mass is 32.1. The summed E-state index contributed by atoms with van der Waals surface area (Å²) >= 11 is 6.20. The van der Waals surface area contributed by atoms with Crippen molar-refractivity contribution in [2.45, 2.75) is 19.8 Å². The van der Waals surface area contributed by atoms with E-state index in [1.807, 2.05) is 17.4 Å². The summed E-state index contributed by atoms with van der Waals surface area (Å²) in [6.07, 6.45) is 5.82. The maximum Gasteiger partial charge on any atom is 0.00515 e. The summed E-state index contributed by atoms with van der Waals surface area (Å²) in [7, 11) is 0. The molecule has 0 aromatic carbocycles. The van der Waals surface area contributed by atoms with E-state index in [0.717, 1.165) is 17.7 Å². The molecule has 1 aromatic heterocycles. The monoisotopic (exact) mass is 210 g/mol. The molecule has 0 amide bonds. The second kappa shape index (κ2) is 5.30. The molecule has 0 aliphatic rings. The third-order valence-electron chi connectivity index (χ3n) is 1.73. The van der Waals surface area contributed by atoms with Gasteiger partial charge in [-0.15, -0.1) is 24.0 Å². The molecule has 0 aliphatic carbocycles. The van der Waals surface area contributed by atoms with Crippen LogP contribution in [-0.4, -0.2) is 0 Å². The van der Waals surface area contributed by atoms with E-state index in [9.17, 15) is 0 Å². The lowest BCUT2D eigenvalue weighted by molar-refractivity contribution is 1.01. The molecule has 1 aromatic rings. The van der Waals surface area contributed by atoms with Gasteiger partial charge >= 0.3 is 0 Å². The van der Waals surface area contributed by atoms with Gasteiger partial charge in [-0.25, -0.2) is 0 Å².